The van der Waals surface area contributed by atoms with E-state index in [0.29, 0.717) is 11.6 Å². The molecule has 0 unspecified atom stereocenters. The molecule has 0 saturated heterocycles. The minimum Gasteiger partial charge on any atom is -0.491 e. The number of anilines is 1. The molecule has 0 spiro atoms. The molecule has 0 radical (unpaired) electrons. The molecule has 1 N–H and O–H groups in total. The van der Waals surface area contributed by atoms with Crippen molar-refractivity contribution in [3.05, 3.63) is 45.7 Å². The molecule has 0 amide bonds. The van der Waals surface area contributed by atoms with E-state index in [1.165, 1.54) is 5.69 Å². The summed E-state index contributed by atoms with van der Waals surface area (Å²) in [5, 5.41) is 4.07. The molecule has 0 aliphatic carbocycles. The zero-order chi connectivity index (χ0) is 14.5. The first-order valence-corrected chi connectivity index (χ1v) is 7.82. The maximum absolute atomic E-state index is 6.11. The predicted octanol–water partition coefficient (Wildman–Crippen LogP) is 4.93. The van der Waals surface area contributed by atoms with Crippen LogP contribution in [0.3, 0.4) is 0 Å². The van der Waals surface area contributed by atoms with Crippen LogP contribution in [0.5, 0.6) is 5.75 Å². The minimum atomic E-state index is 0.611. The van der Waals surface area contributed by atoms with Gasteiger partial charge in [0.15, 0.2) is 5.75 Å². The maximum Gasteiger partial charge on any atom is 0.156 e. The highest BCUT2D eigenvalue weighted by atomic mass is 79.9. The van der Waals surface area contributed by atoms with Gasteiger partial charge in [-0.1, -0.05) is 11.6 Å². The Morgan fingerprint density at radius 2 is 2.15 bits per heavy atom. The van der Waals surface area contributed by atoms with E-state index in [1.54, 1.807) is 0 Å². The predicted molar refractivity (Wildman–Crippen MR) is 87.8 cm³/mol. The van der Waals surface area contributed by atoms with Gasteiger partial charge in [-0.3, -0.25) is 0 Å². The van der Waals surface area contributed by atoms with Gasteiger partial charge in [0.25, 0.3) is 0 Å². The van der Waals surface area contributed by atoms with E-state index in [0.717, 1.165) is 29.0 Å². The normalized spacial score (nSPS) is 10.6. The van der Waals surface area contributed by atoms with Crippen molar-refractivity contribution in [2.24, 2.45) is 0 Å². The summed E-state index contributed by atoms with van der Waals surface area (Å²) in [5.74, 6) is 0.798. The highest BCUT2D eigenvalue weighted by Gasteiger charge is 2.10. The van der Waals surface area contributed by atoms with E-state index in [4.69, 9.17) is 16.3 Å². The fourth-order valence-corrected chi connectivity index (χ4v) is 3.01. The molecule has 0 fully saturated rings. The van der Waals surface area contributed by atoms with Gasteiger partial charge in [0.05, 0.1) is 23.3 Å². The molecule has 0 atom stereocenters. The van der Waals surface area contributed by atoms with Crippen LogP contribution in [0.4, 0.5) is 5.69 Å². The van der Waals surface area contributed by atoms with Crippen molar-refractivity contribution < 1.29 is 4.74 Å². The van der Waals surface area contributed by atoms with Crippen molar-refractivity contribution >= 4 is 33.2 Å². The quantitative estimate of drug-likeness (QED) is 0.793. The lowest BCUT2D eigenvalue weighted by Gasteiger charge is -2.15. The summed E-state index contributed by atoms with van der Waals surface area (Å²) in [6, 6.07) is 7.89. The van der Waals surface area contributed by atoms with Crippen LogP contribution in [0, 0.1) is 0 Å². The van der Waals surface area contributed by atoms with Crippen molar-refractivity contribution in [1.82, 2.24) is 4.57 Å². The van der Waals surface area contributed by atoms with Crippen LogP contribution in [0.25, 0.3) is 0 Å². The molecule has 0 aliphatic rings. The molecule has 2 rings (SSSR count). The highest BCUT2D eigenvalue weighted by Crippen LogP contribution is 2.36. The fourth-order valence-electron chi connectivity index (χ4n) is 2.09. The number of hydrogen-bond donors (Lipinski definition) is 1. The van der Waals surface area contributed by atoms with Crippen molar-refractivity contribution in [2.45, 2.75) is 26.9 Å². The standard InChI is InChI=1S/C15H18BrClN2O/c1-3-19-7-5-6-12(19)10-18-14-9-11(17)8-13(16)15(14)20-4-2/h5-9,18H,3-4,10H2,1-2H3. The van der Waals surface area contributed by atoms with Gasteiger partial charge < -0.3 is 14.6 Å². The van der Waals surface area contributed by atoms with Crippen molar-refractivity contribution in [3.63, 3.8) is 0 Å². The maximum atomic E-state index is 6.11. The van der Waals surface area contributed by atoms with Crippen LogP contribution in [-0.2, 0) is 13.1 Å². The molecule has 2 aromatic rings. The van der Waals surface area contributed by atoms with Crippen LogP contribution in [0.15, 0.2) is 34.9 Å². The molecule has 108 valence electrons. The van der Waals surface area contributed by atoms with Crippen molar-refractivity contribution in [2.75, 3.05) is 11.9 Å². The number of aromatic nitrogens is 1. The van der Waals surface area contributed by atoms with Gasteiger partial charge >= 0.3 is 0 Å². The molecule has 20 heavy (non-hydrogen) atoms. The molecule has 1 aromatic carbocycles. The van der Waals surface area contributed by atoms with Gasteiger partial charge in [0.2, 0.25) is 0 Å². The van der Waals surface area contributed by atoms with E-state index in [9.17, 15) is 0 Å². The van der Waals surface area contributed by atoms with Crippen LogP contribution in [0.1, 0.15) is 19.5 Å². The summed E-state index contributed by atoms with van der Waals surface area (Å²) in [6.45, 7) is 6.40. The summed E-state index contributed by atoms with van der Waals surface area (Å²) >= 11 is 9.60. The molecular formula is C15H18BrClN2O. The minimum absolute atomic E-state index is 0.611. The molecule has 5 heteroatoms. The molecule has 0 saturated carbocycles. The average Bonchev–Trinajstić information content (AvgIpc) is 2.87. The van der Waals surface area contributed by atoms with Crippen LogP contribution >= 0.6 is 27.5 Å². The Bertz CT molecular complexity index is 583. The van der Waals surface area contributed by atoms with Crippen molar-refractivity contribution in [1.29, 1.82) is 0 Å². The van der Waals surface area contributed by atoms with E-state index in [1.807, 2.05) is 19.1 Å². The first-order chi connectivity index (χ1) is 9.65. The summed E-state index contributed by atoms with van der Waals surface area (Å²) < 4.78 is 8.74. The Hall–Kier alpha value is -1.13. The van der Waals surface area contributed by atoms with Gasteiger partial charge in [0.1, 0.15) is 0 Å². The second-order valence-corrected chi connectivity index (χ2v) is 5.63. The van der Waals surface area contributed by atoms with E-state index < -0.39 is 0 Å². The average molecular weight is 358 g/mol. The molecule has 1 aromatic heterocycles. The molecular weight excluding hydrogens is 340 g/mol. The number of ether oxygens (including phenoxy) is 1. The Balaban J connectivity index is 2.20. The Labute approximate surface area is 133 Å². The largest absolute Gasteiger partial charge is 0.491 e. The summed E-state index contributed by atoms with van der Waals surface area (Å²) in [6.07, 6.45) is 2.08. The lowest BCUT2D eigenvalue weighted by molar-refractivity contribution is 0.339. The van der Waals surface area contributed by atoms with E-state index in [2.05, 4.69) is 51.1 Å². The third-order valence-corrected chi connectivity index (χ3v) is 3.83. The lowest BCUT2D eigenvalue weighted by atomic mass is 10.2. The van der Waals surface area contributed by atoms with Gasteiger partial charge in [-0.05, 0) is 54.0 Å². The van der Waals surface area contributed by atoms with E-state index in [-0.39, 0.29) is 0 Å². The van der Waals surface area contributed by atoms with Crippen LogP contribution in [0.2, 0.25) is 5.02 Å². The molecule has 1 heterocycles. The van der Waals surface area contributed by atoms with Crippen LogP contribution < -0.4 is 10.1 Å². The Morgan fingerprint density at radius 3 is 2.85 bits per heavy atom. The monoisotopic (exact) mass is 356 g/mol. The molecule has 0 bridgehead atoms. The van der Waals surface area contributed by atoms with E-state index >= 15 is 0 Å². The van der Waals surface area contributed by atoms with Gasteiger partial charge in [0, 0.05) is 23.5 Å². The SMILES string of the molecule is CCOc1c(Br)cc(Cl)cc1NCc1cccn1CC. The highest BCUT2D eigenvalue weighted by molar-refractivity contribution is 9.10. The zero-order valence-corrected chi connectivity index (χ0v) is 14.0. The number of nitrogens with zero attached hydrogens (tertiary/aromatic N) is 1. The Kier molecular flexibility index (Phi) is 5.38. The van der Waals surface area contributed by atoms with Gasteiger partial charge in [-0.2, -0.15) is 0 Å². The summed E-state index contributed by atoms with van der Waals surface area (Å²) in [5.41, 5.74) is 2.13. The summed E-state index contributed by atoms with van der Waals surface area (Å²) in [4.78, 5) is 0. The Morgan fingerprint density at radius 1 is 1.35 bits per heavy atom. The number of benzene rings is 1. The number of halogens is 2. The number of rotatable bonds is 6. The van der Waals surface area contributed by atoms with Gasteiger partial charge in [-0.15, -0.1) is 0 Å². The zero-order valence-electron chi connectivity index (χ0n) is 11.6. The molecule has 3 nitrogen and oxygen atoms in total. The summed E-state index contributed by atoms with van der Waals surface area (Å²) in [7, 11) is 0. The first-order valence-electron chi connectivity index (χ1n) is 6.65. The number of nitrogens with one attached hydrogen (secondary N) is 1. The second kappa shape index (κ2) is 7.04. The molecule has 0 aliphatic heterocycles. The lowest BCUT2D eigenvalue weighted by Crippen LogP contribution is -2.07. The fraction of sp³-hybridized carbons (Fsp3) is 0.333. The topological polar surface area (TPSA) is 26.2 Å². The number of hydrogen-bond acceptors (Lipinski definition) is 2. The second-order valence-electron chi connectivity index (χ2n) is 4.34. The van der Waals surface area contributed by atoms with Crippen LogP contribution in [-0.4, -0.2) is 11.2 Å². The first kappa shape index (κ1) is 15.3. The van der Waals surface area contributed by atoms with Gasteiger partial charge in [-0.25, -0.2) is 0 Å². The third-order valence-electron chi connectivity index (χ3n) is 3.02. The number of aryl methyl sites for hydroxylation is 1. The third kappa shape index (κ3) is 3.49. The van der Waals surface area contributed by atoms with Crippen molar-refractivity contribution in [3.8, 4) is 5.75 Å². The smallest absolute Gasteiger partial charge is 0.156 e.